The standard InChI is InChI=1S/C13H18N2OS/c1-4-9-8-11-10(12(16)5-2)6-7-13(17-3)15(11)14-9/h6-9,14H,4-5H2,1-3H3. The van der Waals surface area contributed by atoms with Crippen LogP contribution in [0.25, 0.3) is 0 Å². The number of nitrogens with one attached hydrogen (secondary N) is 1. The number of hydrogen-bond acceptors (Lipinski definition) is 4. The molecule has 92 valence electrons. The highest BCUT2D eigenvalue weighted by Crippen LogP contribution is 2.33. The van der Waals surface area contributed by atoms with Crippen LogP contribution in [0.15, 0.2) is 34.5 Å². The van der Waals surface area contributed by atoms with Crippen LogP contribution in [0.1, 0.15) is 26.7 Å². The molecule has 2 heterocycles. The van der Waals surface area contributed by atoms with Crippen molar-refractivity contribution in [3.63, 3.8) is 0 Å². The van der Waals surface area contributed by atoms with Crippen molar-refractivity contribution >= 4 is 17.5 Å². The van der Waals surface area contributed by atoms with Crippen LogP contribution < -0.4 is 5.43 Å². The number of Topliss-reactive ketones (excluding diaryl/α,β-unsaturated/α-hetero) is 1. The van der Waals surface area contributed by atoms with Gasteiger partial charge in [-0.3, -0.25) is 9.80 Å². The zero-order valence-electron chi connectivity index (χ0n) is 10.5. The fraction of sp³-hybridized carbons (Fsp3) is 0.462. The topological polar surface area (TPSA) is 32.3 Å². The van der Waals surface area contributed by atoms with Gasteiger partial charge in [-0.25, -0.2) is 5.43 Å². The van der Waals surface area contributed by atoms with Gasteiger partial charge >= 0.3 is 0 Å². The molecule has 0 aliphatic carbocycles. The lowest BCUT2D eigenvalue weighted by atomic mass is 10.0. The Hall–Kier alpha value is -1.00. The molecule has 0 saturated heterocycles. The van der Waals surface area contributed by atoms with Crippen molar-refractivity contribution in [3.8, 4) is 0 Å². The summed E-state index contributed by atoms with van der Waals surface area (Å²) in [7, 11) is 0. The fourth-order valence-electron chi connectivity index (χ4n) is 2.04. The number of nitrogens with zero attached hydrogens (tertiary/aromatic N) is 1. The van der Waals surface area contributed by atoms with Gasteiger partial charge in [0, 0.05) is 18.0 Å². The molecule has 1 N–H and O–H groups in total. The Balaban J connectivity index is 2.37. The average molecular weight is 250 g/mol. The summed E-state index contributed by atoms with van der Waals surface area (Å²) >= 11 is 1.68. The number of fused-ring (bicyclic) bond motifs is 1. The molecule has 0 amide bonds. The second-order valence-corrected chi connectivity index (χ2v) is 4.92. The van der Waals surface area contributed by atoms with E-state index in [4.69, 9.17) is 0 Å². The summed E-state index contributed by atoms with van der Waals surface area (Å²) in [6.07, 6.45) is 9.73. The van der Waals surface area contributed by atoms with Gasteiger partial charge in [0.2, 0.25) is 0 Å². The van der Waals surface area contributed by atoms with Crippen LogP contribution in [0.3, 0.4) is 0 Å². The van der Waals surface area contributed by atoms with Crippen LogP contribution >= 0.6 is 11.8 Å². The van der Waals surface area contributed by atoms with Gasteiger partial charge in [-0.05, 0) is 30.9 Å². The molecule has 4 heteroatoms. The molecule has 17 heavy (non-hydrogen) atoms. The second-order valence-electron chi connectivity index (χ2n) is 4.10. The highest BCUT2D eigenvalue weighted by Gasteiger charge is 2.30. The number of carbonyl (C=O) groups excluding carboxylic acids is 1. The number of ketones is 1. The van der Waals surface area contributed by atoms with Crippen LogP contribution in [-0.4, -0.2) is 23.1 Å². The predicted molar refractivity (Wildman–Crippen MR) is 72.1 cm³/mol. The molecular weight excluding hydrogens is 232 g/mol. The zero-order chi connectivity index (χ0) is 12.4. The minimum Gasteiger partial charge on any atom is -0.294 e. The Bertz CT molecular complexity index is 423. The van der Waals surface area contributed by atoms with Gasteiger partial charge in [0.15, 0.2) is 5.78 Å². The van der Waals surface area contributed by atoms with Gasteiger partial charge < -0.3 is 0 Å². The van der Waals surface area contributed by atoms with E-state index in [0.29, 0.717) is 12.5 Å². The SMILES string of the molecule is CCC(=O)C1=CC=C(SC)N2NC(CC)C=C12. The van der Waals surface area contributed by atoms with Crippen molar-refractivity contribution in [2.24, 2.45) is 0 Å². The molecule has 0 aromatic heterocycles. The van der Waals surface area contributed by atoms with Gasteiger partial charge in [-0.2, -0.15) is 0 Å². The Labute approximate surface area is 107 Å². The fourth-order valence-corrected chi connectivity index (χ4v) is 2.58. The van der Waals surface area contributed by atoms with Crippen molar-refractivity contribution in [2.75, 3.05) is 6.26 Å². The van der Waals surface area contributed by atoms with E-state index in [1.165, 1.54) is 0 Å². The molecule has 0 radical (unpaired) electrons. The third kappa shape index (κ3) is 2.19. The van der Waals surface area contributed by atoms with Crippen LogP contribution in [0.5, 0.6) is 0 Å². The van der Waals surface area contributed by atoms with E-state index in [1.807, 2.05) is 30.3 Å². The quantitative estimate of drug-likeness (QED) is 0.831. The first-order valence-corrected chi connectivity index (χ1v) is 7.21. The van der Waals surface area contributed by atoms with Gasteiger partial charge in [0.1, 0.15) is 0 Å². The monoisotopic (exact) mass is 250 g/mol. The van der Waals surface area contributed by atoms with E-state index in [1.54, 1.807) is 11.8 Å². The van der Waals surface area contributed by atoms with Crippen molar-refractivity contribution in [1.29, 1.82) is 0 Å². The van der Waals surface area contributed by atoms with Crippen molar-refractivity contribution in [1.82, 2.24) is 10.4 Å². The predicted octanol–water partition coefficient (Wildman–Crippen LogP) is 2.59. The first-order chi connectivity index (χ1) is 8.21. The van der Waals surface area contributed by atoms with E-state index in [9.17, 15) is 4.79 Å². The first kappa shape index (κ1) is 12.5. The average Bonchev–Trinajstić information content (AvgIpc) is 2.80. The third-order valence-electron chi connectivity index (χ3n) is 3.05. The lowest BCUT2D eigenvalue weighted by molar-refractivity contribution is -0.115. The Morgan fingerprint density at radius 2 is 2.24 bits per heavy atom. The molecule has 0 spiro atoms. The Kier molecular flexibility index (Phi) is 3.74. The first-order valence-electron chi connectivity index (χ1n) is 5.98. The molecule has 2 aliphatic rings. The second kappa shape index (κ2) is 5.10. The molecule has 0 saturated carbocycles. The molecule has 2 aliphatic heterocycles. The largest absolute Gasteiger partial charge is 0.294 e. The Morgan fingerprint density at radius 3 is 2.82 bits per heavy atom. The van der Waals surface area contributed by atoms with E-state index >= 15 is 0 Å². The van der Waals surface area contributed by atoms with Crippen LogP contribution in [0.4, 0.5) is 0 Å². The highest BCUT2D eigenvalue weighted by molar-refractivity contribution is 8.02. The van der Waals surface area contributed by atoms with Crippen LogP contribution in [-0.2, 0) is 4.79 Å². The van der Waals surface area contributed by atoms with E-state index in [0.717, 1.165) is 22.7 Å². The zero-order valence-corrected chi connectivity index (χ0v) is 11.3. The lowest BCUT2D eigenvalue weighted by Gasteiger charge is -2.28. The number of carbonyl (C=O) groups is 1. The number of rotatable bonds is 4. The molecular formula is C13H18N2OS. The highest BCUT2D eigenvalue weighted by atomic mass is 32.2. The third-order valence-corrected chi connectivity index (χ3v) is 3.79. The maximum Gasteiger partial charge on any atom is 0.164 e. The van der Waals surface area contributed by atoms with Crippen molar-refractivity contribution < 1.29 is 4.79 Å². The van der Waals surface area contributed by atoms with Gasteiger partial charge in [0.05, 0.1) is 10.7 Å². The molecule has 0 aromatic rings. The number of thioether (sulfide) groups is 1. The van der Waals surface area contributed by atoms with Gasteiger partial charge in [-0.15, -0.1) is 11.8 Å². The van der Waals surface area contributed by atoms with Crippen LogP contribution in [0, 0.1) is 0 Å². The summed E-state index contributed by atoms with van der Waals surface area (Å²) in [5, 5.41) is 3.18. The van der Waals surface area contributed by atoms with E-state index in [-0.39, 0.29) is 5.78 Å². The molecule has 2 rings (SSSR count). The summed E-state index contributed by atoms with van der Waals surface area (Å²) < 4.78 is 0. The number of hydrogen-bond donors (Lipinski definition) is 1. The molecule has 0 fully saturated rings. The van der Waals surface area contributed by atoms with Crippen molar-refractivity contribution in [3.05, 3.63) is 34.5 Å². The maximum absolute atomic E-state index is 11.9. The van der Waals surface area contributed by atoms with Gasteiger partial charge in [0.25, 0.3) is 0 Å². The van der Waals surface area contributed by atoms with Crippen molar-refractivity contribution in [2.45, 2.75) is 32.7 Å². The smallest absolute Gasteiger partial charge is 0.164 e. The summed E-state index contributed by atoms with van der Waals surface area (Å²) in [6, 6.07) is 0.326. The summed E-state index contributed by atoms with van der Waals surface area (Å²) in [4.78, 5) is 11.9. The number of hydrazine groups is 1. The van der Waals surface area contributed by atoms with E-state index < -0.39 is 0 Å². The van der Waals surface area contributed by atoms with Gasteiger partial charge in [-0.1, -0.05) is 13.8 Å². The normalized spacial score (nSPS) is 22.9. The maximum atomic E-state index is 11.9. The summed E-state index contributed by atoms with van der Waals surface area (Å²) in [5.74, 6) is 0.205. The molecule has 3 nitrogen and oxygen atoms in total. The van der Waals surface area contributed by atoms with E-state index in [2.05, 4.69) is 18.4 Å². The molecule has 0 bridgehead atoms. The molecule has 1 unspecified atom stereocenters. The minimum atomic E-state index is 0.205. The Morgan fingerprint density at radius 1 is 1.47 bits per heavy atom. The summed E-state index contributed by atoms with van der Waals surface area (Å²) in [5.41, 5.74) is 5.26. The summed E-state index contributed by atoms with van der Waals surface area (Å²) in [6.45, 7) is 4.04. The molecule has 1 atom stereocenters. The van der Waals surface area contributed by atoms with Crippen LogP contribution in [0.2, 0.25) is 0 Å². The number of allylic oxidation sites excluding steroid dienone is 3. The minimum absolute atomic E-state index is 0.205. The molecule has 0 aromatic carbocycles. The lowest BCUT2D eigenvalue weighted by Crippen LogP contribution is -2.37.